The van der Waals surface area contributed by atoms with Gasteiger partial charge in [0.2, 0.25) is 0 Å². The number of benzene rings is 3. The van der Waals surface area contributed by atoms with Crippen molar-refractivity contribution in [1.29, 1.82) is 0 Å². The number of ether oxygens (including phenoxy) is 2. The lowest BCUT2D eigenvalue weighted by Crippen LogP contribution is -2.29. The molecule has 0 aliphatic rings. The van der Waals surface area contributed by atoms with Crippen molar-refractivity contribution in [1.82, 2.24) is 20.2 Å². The lowest BCUT2D eigenvalue weighted by atomic mass is 9.91. The summed E-state index contributed by atoms with van der Waals surface area (Å²) in [5.74, 6) is -0.423. The number of esters is 1. The number of aromatic amines is 1. The number of fused-ring (bicyclic) bond motifs is 2. The summed E-state index contributed by atoms with van der Waals surface area (Å²) in [5, 5.41) is 9.62. The van der Waals surface area contributed by atoms with Gasteiger partial charge in [-0.2, -0.15) is 5.10 Å². The number of thiazole rings is 1. The third kappa shape index (κ3) is 5.91. The van der Waals surface area contributed by atoms with Crippen LogP contribution in [0.2, 0.25) is 5.02 Å². The van der Waals surface area contributed by atoms with Crippen LogP contribution in [0.15, 0.2) is 73.1 Å². The second-order valence-corrected chi connectivity index (χ2v) is 12.8. The summed E-state index contributed by atoms with van der Waals surface area (Å²) >= 11 is 7.86. The molecule has 0 saturated carbocycles. The molecule has 9 heteroatoms. The monoisotopic (exact) mass is 610 g/mol. The van der Waals surface area contributed by atoms with Gasteiger partial charge >= 0.3 is 5.97 Å². The Morgan fingerprint density at radius 3 is 2.53 bits per heavy atom. The van der Waals surface area contributed by atoms with Crippen molar-refractivity contribution >= 4 is 50.0 Å². The number of rotatable bonds is 7. The number of halogens is 1. The number of aromatic nitrogens is 4. The Hall–Kier alpha value is -4.11. The Balaban J connectivity index is 1.54. The molecular formula is C34H31ClN4O3S. The van der Waals surface area contributed by atoms with Crippen LogP contribution in [0.1, 0.15) is 44.9 Å². The van der Waals surface area contributed by atoms with Crippen molar-refractivity contribution in [3.05, 3.63) is 89.2 Å². The fourth-order valence-corrected chi connectivity index (χ4v) is 6.44. The van der Waals surface area contributed by atoms with E-state index in [1.165, 1.54) is 0 Å². The van der Waals surface area contributed by atoms with E-state index in [1.54, 1.807) is 30.7 Å². The van der Waals surface area contributed by atoms with Gasteiger partial charge in [0, 0.05) is 38.9 Å². The van der Waals surface area contributed by atoms with Crippen LogP contribution in [0.3, 0.4) is 0 Å². The van der Waals surface area contributed by atoms with E-state index in [0.29, 0.717) is 5.02 Å². The number of H-pyrrole nitrogens is 1. The molecule has 3 aromatic carbocycles. The third-order valence-corrected chi connectivity index (χ3v) is 8.43. The molecule has 0 aliphatic carbocycles. The molecule has 3 heterocycles. The first-order valence-electron chi connectivity index (χ1n) is 14.1. The molecule has 0 unspecified atom stereocenters. The van der Waals surface area contributed by atoms with Gasteiger partial charge < -0.3 is 9.47 Å². The van der Waals surface area contributed by atoms with Crippen molar-refractivity contribution < 1.29 is 14.3 Å². The number of pyridine rings is 1. The second kappa shape index (κ2) is 11.5. The zero-order valence-corrected chi connectivity index (χ0v) is 26.1. The normalized spacial score (nSPS) is 12.6. The van der Waals surface area contributed by atoms with E-state index < -0.39 is 17.7 Å². The third-order valence-electron chi connectivity index (χ3n) is 7.04. The quantitative estimate of drug-likeness (QED) is 0.181. The predicted molar refractivity (Wildman–Crippen MR) is 173 cm³/mol. The highest BCUT2D eigenvalue weighted by Crippen LogP contribution is 2.45. The van der Waals surface area contributed by atoms with Gasteiger partial charge in [0.1, 0.15) is 5.01 Å². The lowest BCUT2D eigenvalue weighted by Gasteiger charge is -2.29. The van der Waals surface area contributed by atoms with E-state index in [9.17, 15) is 4.79 Å². The topological polar surface area (TPSA) is 90.0 Å². The van der Waals surface area contributed by atoms with Crippen LogP contribution in [-0.4, -0.2) is 38.3 Å². The first kappa shape index (κ1) is 29.0. The SMILES string of the molecule is CCOC(=O)[C@@H](OC(C)(C)C)c1c(C)cc2nc(-c3ccnc(-c4ccc5[nH]ncc5c4)c3)sc2c1-c1ccc(Cl)cc1. The van der Waals surface area contributed by atoms with E-state index in [0.717, 1.165) is 65.2 Å². The molecule has 1 N–H and O–H groups in total. The Kier molecular flexibility index (Phi) is 7.77. The molecule has 43 heavy (non-hydrogen) atoms. The summed E-state index contributed by atoms with van der Waals surface area (Å²) < 4.78 is 12.9. The molecule has 218 valence electrons. The summed E-state index contributed by atoms with van der Waals surface area (Å²) in [5.41, 5.74) is 7.46. The van der Waals surface area contributed by atoms with Crippen molar-refractivity contribution in [2.75, 3.05) is 6.61 Å². The van der Waals surface area contributed by atoms with E-state index >= 15 is 0 Å². The second-order valence-electron chi connectivity index (χ2n) is 11.3. The highest BCUT2D eigenvalue weighted by atomic mass is 35.5. The van der Waals surface area contributed by atoms with Gasteiger partial charge in [-0.05, 0) is 88.2 Å². The fourth-order valence-electron chi connectivity index (χ4n) is 5.20. The standard InChI is InChI=1S/C34H31ClN4O3S/c1-6-41-33(40)30(42-34(3,4)5)28-19(2)15-27-31(29(28)20-7-10-24(35)11-8-20)43-32(38-27)22-13-14-36-26(17-22)21-9-12-25-23(16-21)18-37-39-25/h7-18,30H,6H2,1-5H3,(H,37,39)/t30-/m0/s1. The number of nitrogens with zero attached hydrogens (tertiary/aromatic N) is 3. The molecule has 0 radical (unpaired) electrons. The Morgan fingerprint density at radius 1 is 1.02 bits per heavy atom. The van der Waals surface area contributed by atoms with Crippen LogP contribution in [0.4, 0.5) is 0 Å². The average Bonchev–Trinajstić information content (AvgIpc) is 3.62. The number of nitrogens with one attached hydrogen (secondary N) is 1. The van der Waals surface area contributed by atoms with Gasteiger partial charge in [0.05, 0.1) is 39.8 Å². The first-order chi connectivity index (χ1) is 20.6. The Bertz CT molecular complexity index is 1960. The molecule has 1 atom stereocenters. The molecule has 6 rings (SSSR count). The van der Waals surface area contributed by atoms with Gasteiger partial charge in [0.15, 0.2) is 6.10 Å². The minimum Gasteiger partial charge on any atom is -0.464 e. The molecule has 3 aromatic heterocycles. The smallest absolute Gasteiger partial charge is 0.339 e. The Labute approximate surface area is 258 Å². The summed E-state index contributed by atoms with van der Waals surface area (Å²) in [7, 11) is 0. The molecule has 0 amide bonds. The van der Waals surface area contributed by atoms with Gasteiger partial charge in [-0.25, -0.2) is 9.78 Å². The van der Waals surface area contributed by atoms with Gasteiger partial charge in [-0.15, -0.1) is 11.3 Å². The highest BCUT2D eigenvalue weighted by Gasteiger charge is 2.33. The zero-order chi connectivity index (χ0) is 30.3. The van der Waals surface area contributed by atoms with Crippen LogP contribution >= 0.6 is 22.9 Å². The van der Waals surface area contributed by atoms with Crippen LogP contribution < -0.4 is 0 Å². The summed E-state index contributed by atoms with van der Waals surface area (Å²) in [6, 6.07) is 19.8. The number of hydrogen-bond acceptors (Lipinski definition) is 7. The minimum atomic E-state index is -0.925. The molecular weight excluding hydrogens is 580 g/mol. The Morgan fingerprint density at radius 2 is 1.79 bits per heavy atom. The maximum Gasteiger partial charge on any atom is 0.339 e. The van der Waals surface area contributed by atoms with Crippen LogP contribution in [0.5, 0.6) is 0 Å². The molecule has 0 bridgehead atoms. The highest BCUT2D eigenvalue weighted by molar-refractivity contribution is 7.22. The molecule has 0 fully saturated rings. The molecule has 7 nitrogen and oxygen atoms in total. The first-order valence-corrected chi connectivity index (χ1v) is 15.2. The largest absolute Gasteiger partial charge is 0.464 e. The van der Waals surface area contributed by atoms with Crippen molar-refractivity contribution in [2.24, 2.45) is 0 Å². The van der Waals surface area contributed by atoms with Crippen molar-refractivity contribution in [2.45, 2.75) is 46.3 Å². The van der Waals surface area contributed by atoms with Crippen molar-refractivity contribution in [3.63, 3.8) is 0 Å². The van der Waals surface area contributed by atoms with Crippen LogP contribution in [0, 0.1) is 6.92 Å². The molecule has 0 spiro atoms. The van der Waals surface area contributed by atoms with Gasteiger partial charge in [0.25, 0.3) is 0 Å². The number of hydrogen-bond donors (Lipinski definition) is 1. The van der Waals surface area contributed by atoms with Crippen LogP contribution in [0.25, 0.3) is 54.1 Å². The molecule has 0 saturated heterocycles. The predicted octanol–water partition coefficient (Wildman–Crippen LogP) is 8.95. The average molecular weight is 611 g/mol. The summed E-state index contributed by atoms with van der Waals surface area (Å²) in [4.78, 5) is 23.1. The maximum absolute atomic E-state index is 13.4. The van der Waals surface area contributed by atoms with Crippen LogP contribution in [-0.2, 0) is 14.3 Å². The maximum atomic E-state index is 13.4. The van der Waals surface area contributed by atoms with E-state index in [-0.39, 0.29) is 6.61 Å². The minimum absolute atomic E-state index is 0.253. The lowest BCUT2D eigenvalue weighted by molar-refractivity contribution is -0.166. The van der Waals surface area contributed by atoms with Crippen molar-refractivity contribution in [3.8, 4) is 33.0 Å². The fraction of sp³-hybridized carbons (Fsp3) is 0.235. The summed E-state index contributed by atoms with van der Waals surface area (Å²) in [6.07, 6.45) is 2.69. The van der Waals surface area contributed by atoms with Gasteiger partial charge in [-0.3, -0.25) is 10.1 Å². The molecule has 6 aromatic rings. The van der Waals surface area contributed by atoms with E-state index in [4.69, 9.17) is 26.1 Å². The van der Waals surface area contributed by atoms with E-state index in [1.807, 2.05) is 76.2 Å². The number of aryl methyl sites for hydroxylation is 1. The van der Waals surface area contributed by atoms with E-state index in [2.05, 4.69) is 27.3 Å². The zero-order valence-electron chi connectivity index (χ0n) is 24.6. The number of carbonyl (C=O) groups excluding carboxylic acids is 1. The number of carbonyl (C=O) groups is 1. The molecule has 0 aliphatic heterocycles. The van der Waals surface area contributed by atoms with Gasteiger partial charge in [-0.1, -0.05) is 29.8 Å². The summed E-state index contributed by atoms with van der Waals surface area (Å²) in [6.45, 7) is 9.85.